The predicted octanol–water partition coefficient (Wildman–Crippen LogP) is 4.21. The van der Waals surface area contributed by atoms with Crippen molar-refractivity contribution in [3.63, 3.8) is 0 Å². The Bertz CT molecular complexity index is 669. The lowest BCUT2D eigenvalue weighted by Gasteiger charge is -2.30. The Labute approximate surface area is 129 Å². The summed E-state index contributed by atoms with van der Waals surface area (Å²) in [7, 11) is 1.58. The van der Waals surface area contributed by atoms with Crippen LogP contribution in [0.5, 0.6) is 11.5 Å². The smallest absolute Gasteiger partial charge is 0.137 e. The highest BCUT2D eigenvalue weighted by Gasteiger charge is 2.28. The molecule has 3 nitrogen and oxygen atoms in total. The summed E-state index contributed by atoms with van der Waals surface area (Å²) in [4.78, 5) is 0. The van der Waals surface area contributed by atoms with Crippen LogP contribution in [0.3, 0.4) is 0 Å². The van der Waals surface area contributed by atoms with E-state index in [4.69, 9.17) is 21.1 Å². The molecule has 0 aromatic heterocycles. The van der Waals surface area contributed by atoms with Crippen molar-refractivity contribution in [2.75, 3.05) is 7.11 Å². The van der Waals surface area contributed by atoms with Crippen molar-refractivity contribution in [1.29, 1.82) is 0 Å². The molecule has 4 heteroatoms. The number of ether oxygens (including phenoxy) is 2. The van der Waals surface area contributed by atoms with Crippen LogP contribution in [0.25, 0.3) is 0 Å². The van der Waals surface area contributed by atoms with E-state index in [2.05, 4.69) is 0 Å². The Kier molecular flexibility index (Phi) is 3.79. The molecule has 0 amide bonds. The Morgan fingerprint density at radius 3 is 2.76 bits per heavy atom. The van der Waals surface area contributed by atoms with Crippen LogP contribution in [0, 0.1) is 6.92 Å². The van der Waals surface area contributed by atoms with E-state index in [0.717, 1.165) is 22.4 Å². The molecule has 3 rings (SSSR count). The number of aliphatic hydroxyl groups is 1. The summed E-state index contributed by atoms with van der Waals surface area (Å²) in [6.45, 7) is 2.00. The number of hydrogen-bond donors (Lipinski definition) is 1. The van der Waals surface area contributed by atoms with Gasteiger partial charge >= 0.3 is 0 Å². The zero-order chi connectivity index (χ0) is 15.0. The van der Waals surface area contributed by atoms with Crippen LogP contribution in [0.2, 0.25) is 5.02 Å². The van der Waals surface area contributed by atoms with Crippen molar-refractivity contribution in [1.82, 2.24) is 0 Å². The number of rotatable bonds is 2. The van der Waals surface area contributed by atoms with Gasteiger partial charge in [0.05, 0.1) is 18.2 Å². The number of hydrogen-bond acceptors (Lipinski definition) is 3. The summed E-state index contributed by atoms with van der Waals surface area (Å²) in [6, 6.07) is 11.4. The van der Waals surface area contributed by atoms with Crippen LogP contribution in [0.1, 0.15) is 35.3 Å². The van der Waals surface area contributed by atoms with Crippen LogP contribution in [-0.4, -0.2) is 12.2 Å². The zero-order valence-corrected chi connectivity index (χ0v) is 12.7. The topological polar surface area (TPSA) is 38.7 Å². The molecule has 2 unspecified atom stereocenters. The van der Waals surface area contributed by atoms with E-state index >= 15 is 0 Å². The first-order valence-corrected chi connectivity index (χ1v) is 7.25. The minimum absolute atomic E-state index is 0.210. The summed E-state index contributed by atoms with van der Waals surface area (Å²) in [5.41, 5.74) is 2.90. The van der Waals surface area contributed by atoms with Gasteiger partial charge in [0.2, 0.25) is 0 Å². The van der Waals surface area contributed by atoms with Crippen molar-refractivity contribution < 1.29 is 14.6 Å². The number of aliphatic hydroxyl groups excluding tert-OH is 1. The van der Waals surface area contributed by atoms with Crippen molar-refractivity contribution in [2.24, 2.45) is 0 Å². The van der Waals surface area contributed by atoms with E-state index in [-0.39, 0.29) is 6.10 Å². The maximum atomic E-state index is 10.3. The molecule has 2 aromatic carbocycles. The highest BCUT2D eigenvalue weighted by atomic mass is 35.5. The average molecular weight is 305 g/mol. The van der Waals surface area contributed by atoms with Gasteiger partial charge in [0, 0.05) is 12.0 Å². The lowest BCUT2D eigenvalue weighted by atomic mass is 9.94. The average Bonchev–Trinajstić information content (AvgIpc) is 2.47. The zero-order valence-electron chi connectivity index (χ0n) is 12.0. The second kappa shape index (κ2) is 5.58. The standard InChI is InChI=1S/C17H17ClO3/c1-10-3-5-15-12(7-10)14(19)9-17(21-15)11-4-6-16(20-2)13(18)8-11/h3-8,14,17,19H,9H2,1-2H3. The fourth-order valence-electron chi connectivity index (χ4n) is 2.65. The lowest BCUT2D eigenvalue weighted by Crippen LogP contribution is -2.19. The lowest BCUT2D eigenvalue weighted by molar-refractivity contribution is 0.0656. The molecule has 2 atom stereocenters. The van der Waals surface area contributed by atoms with Gasteiger partial charge in [-0.05, 0) is 36.8 Å². The van der Waals surface area contributed by atoms with E-state index in [1.165, 1.54) is 0 Å². The molecule has 1 heterocycles. The normalized spacial score (nSPS) is 20.6. The summed E-state index contributed by atoms with van der Waals surface area (Å²) in [6.07, 6.45) is -0.225. The number of fused-ring (bicyclic) bond motifs is 1. The number of halogens is 1. The molecule has 1 aliphatic heterocycles. The van der Waals surface area contributed by atoms with Crippen molar-refractivity contribution in [2.45, 2.75) is 25.6 Å². The number of methoxy groups -OCH3 is 1. The van der Waals surface area contributed by atoms with E-state index < -0.39 is 6.10 Å². The SMILES string of the molecule is COc1ccc(C2CC(O)c3cc(C)ccc3O2)cc1Cl. The molecule has 110 valence electrons. The Balaban J connectivity index is 1.92. The first-order valence-electron chi connectivity index (χ1n) is 6.87. The van der Waals surface area contributed by atoms with E-state index in [1.807, 2.05) is 43.3 Å². The number of aryl methyl sites for hydroxylation is 1. The van der Waals surface area contributed by atoms with Gasteiger partial charge in [-0.25, -0.2) is 0 Å². The van der Waals surface area contributed by atoms with Crippen LogP contribution in [-0.2, 0) is 0 Å². The van der Waals surface area contributed by atoms with Gasteiger partial charge in [-0.1, -0.05) is 29.3 Å². The third-order valence-corrected chi connectivity index (χ3v) is 4.07. The molecule has 0 radical (unpaired) electrons. The van der Waals surface area contributed by atoms with Gasteiger partial charge in [-0.2, -0.15) is 0 Å². The second-order valence-corrected chi connectivity index (χ2v) is 5.70. The van der Waals surface area contributed by atoms with Crippen LogP contribution in [0.15, 0.2) is 36.4 Å². The summed E-state index contributed by atoms with van der Waals surface area (Å²) in [5, 5.41) is 10.9. The molecule has 0 spiro atoms. The first kappa shape index (κ1) is 14.2. The van der Waals surface area contributed by atoms with Crippen LogP contribution in [0.4, 0.5) is 0 Å². The van der Waals surface area contributed by atoms with Gasteiger partial charge in [0.1, 0.15) is 17.6 Å². The number of benzene rings is 2. The Morgan fingerprint density at radius 2 is 2.05 bits per heavy atom. The maximum absolute atomic E-state index is 10.3. The molecule has 0 fully saturated rings. The van der Waals surface area contributed by atoms with Gasteiger partial charge in [-0.3, -0.25) is 0 Å². The highest BCUT2D eigenvalue weighted by molar-refractivity contribution is 6.32. The van der Waals surface area contributed by atoms with Crippen LogP contribution < -0.4 is 9.47 Å². The fourth-order valence-corrected chi connectivity index (χ4v) is 2.92. The Morgan fingerprint density at radius 1 is 1.24 bits per heavy atom. The summed E-state index contributed by atoms with van der Waals surface area (Å²) >= 11 is 6.16. The van der Waals surface area contributed by atoms with Gasteiger partial charge < -0.3 is 14.6 Å². The van der Waals surface area contributed by atoms with Crippen LogP contribution >= 0.6 is 11.6 Å². The summed E-state index contributed by atoms with van der Waals surface area (Å²) < 4.78 is 11.2. The summed E-state index contributed by atoms with van der Waals surface area (Å²) in [5.74, 6) is 1.36. The molecule has 0 saturated heterocycles. The third kappa shape index (κ3) is 2.71. The van der Waals surface area contributed by atoms with Crippen molar-refractivity contribution >= 4 is 11.6 Å². The first-order chi connectivity index (χ1) is 10.1. The minimum atomic E-state index is -0.528. The fraction of sp³-hybridized carbons (Fsp3) is 0.294. The van der Waals surface area contributed by atoms with E-state index in [9.17, 15) is 5.11 Å². The van der Waals surface area contributed by atoms with Crippen molar-refractivity contribution in [3.05, 3.63) is 58.1 Å². The predicted molar refractivity (Wildman–Crippen MR) is 82.1 cm³/mol. The molecular formula is C17H17ClO3. The van der Waals surface area contributed by atoms with Crippen molar-refractivity contribution in [3.8, 4) is 11.5 Å². The molecule has 0 bridgehead atoms. The quantitative estimate of drug-likeness (QED) is 0.903. The van der Waals surface area contributed by atoms with E-state index in [0.29, 0.717) is 17.2 Å². The molecule has 0 aliphatic carbocycles. The molecule has 0 saturated carbocycles. The van der Waals surface area contributed by atoms with Gasteiger partial charge in [0.15, 0.2) is 0 Å². The van der Waals surface area contributed by atoms with Gasteiger partial charge in [0.25, 0.3) is 0 Å². The molecule has 1 N–H and O–H groups in total. The minimum Gasteiger partial charge on any atom is -0.495 e. The molecule has 1 aliphatic rings. The third-order valence-electron chi connectivity index (χ3n) is 3.78. The monoisotopic (exact) mass is 304 g/mol. The maximum Gasteiger partial charge on any atom is 0.137 e. The second-order valence-electron chi connectivity index (χ2n) is 5.29. The van der Waals surface area contributed by atoms with E-state index in [1.54, 1.807) is 7.11 Å². The van der Waals surface area contributed by atoms with Gasteiger partial charge in [-0.15, -0.1) is 0 Å². The molecule has 21 heavy (non-hydrogen) atoms. The Hall–Kier alpha value is -1.71. The molecular weight excluding hydrogens is 288 g/mol. The largest absolute Gasteiger partial charge is 0.495 e. The molecule has 2 aromatic rings. The highest BCUT2D eigenvalue weighted by Crippen LogP contribution is 2.42.